The summed E-state index contributed by atoms with van der Waals surface area (Å²) < 4.78 is -1.68. The van der Waals surface area contributed by atoms with E-state index in [2.05, 4.69) is 31.9 Å². The minimum atomic E-state index is -0.838. The zero-order valence-electron chi connectivity index (χ0n) is 15.8. The minimum Gasteiger partial charge on any atom is -0.274 e. The van der Waals surface area contributed by atoms with Crippen LogP contribution in [0.5, 0.6) is 0 Å². The van der Waals surface area contributed by atoms with Crippen LogP contribution in [-0.2, 0) is 18.2 Å². The van der Waals surface area contributed by atoms with Gasteiger partial charge in [-0.25, -0.2) is 4.90 Å². The van der Waals surface area contributed by atoms with Crippen LogP contribution in [0.1, 0.15) is 22.3 Å². The van der Waals surface area contributed by atoms with E-state index < -0.39 is 20.5 Å². The monoisotopic (exact) mass is 575 g/mol. The molecule has 3 aliphatic carbocycles. The van der Waals surface area contributed by atoms with Crippen molar-refractivity contribution in [3.63, 3.8) is 0 Å². The predicted molar refractivity (Wildman–Crippen MR) is 128 cm³/mol. The Morgan fingerprint density at radius 1 is 0.645 bits per heavy atom. The third-order valence-corrected chi connectivity index (χ3v) is 10.1. The van der Waals surface area contributed by atoms with Crippen molar-refractivity contribution in [2.24, 2.45) is 11.8 Å². The Labute approximate surface area is 205 Å². The van der Waals surface area contributed by atoms with E-state index in [1.54, 1.807) is 18.2 Å². The molecular weight excluding hydrogens is 565 g/mol. The Morgan fingerprint density at radius 2 is 1.00 bits per heavy atom. The maximum absolute atomic E-state index is 13.9. The van der Waals surface area contributed by atoms with Crippen molar-refractivity contribution in [2.45, 2.75) is 8.65 Å². The molecule has 0 aromatic heterocycles. The molecule has 0 saturated carbocycles. The van der Waals surface area contributed by atoms with Gasteiger partial charge in [-0.2, -0.15) is 0 Å². The quantitative estimate of drug-likeness (QED) is 0.248. The molecule has 154 valence electrons. The summed E-state index contributed by atoms with van der Waals surface area (Å²) >= 11 is 20.8. The number of imide groups is 1. The molecule has 4 aliphatic rings. The number of hydrogen-bond donors (Lipinski definition) is 0. The molecular formula is C24H13Br2Cl2NO2. The minimum absolute atomic E-state index is 0.245. The summed E-state index contributed by atoms with van der Waals surface area (Å²) in [5.41, 5.74) is 4.19. The number of anilines is 1. The smallest absolute Gasteiger partial charge is 0.239 e. The van der Waals surface area contributed by atoms with E-state index in [4.69, 9.17) is 23.2 Å². The lowest BCUT2D eigenvalue weighted by molar-refractivity contribution is -0.122. The molecule has 7 rings (SSSR count). The van der Waals surface area contributed by atoms with Gasteiger partial charge >= 0.3 is 0 Å². The van der Waals surface area contributed by atoms with E-state index in [1.165, 1.54) is 4.90 Å². The molecule has 2 amide bonds. The SMILES string of the molecule is O=C1[C@@H]2[C@H](C(=O)N1c1c(Cl)cccc1Cl)C1(Br)c3ccccc3C2(Br)c2ccccc21. The number of alkyl halides is 2. The zero-order valence-corrected chi connectivity index (χ0v) is 20.5. The first-order valence-electron chi connectivity index (χ1n) is 9.72. The van der Waals surface area contributed by atoms with Crippen LogP contribution in [0, 0.1) is 11.8 Å². The summed E-state index contributed by atoms with van der Waals surface area (Å²) in [6, 6.07) is 20.9. The fourth-order valence-corrected chi connectivity index (χ4v) is 8.46. The molecule has 3 aromatic rings. The van der Waals surface area contributed by atoms with Crippen molar-refractivity contribution >= 4 is 72.6 Å². The summed E-state index contributed by atoms with van der Waals surface area (Å²) in [6.07, 6.45) is 0. The summed E-state index contributed by atoms with van der Waals surface area (Å²) in [7, 11) is 0. The molecule has 31 heavy (non-hydrogen) atoms. The standard InChI is InChI=1S/C24H13Br2Cl2NO2/c25-23-12-6-1-2-7-13(12)24(26,15-9-4-3-8-14(15)23)19-18(23)21(30)29(22(19)31)20-16(27)10-5-11-17(20)28/h1-11,18-19H/t18-,19+,23?,24?. The second kappa shape index (κ2) is 6.44. The van der Waals surface area contributed by atoms with Crippen molar-refractivity contribution in [3.8, 4) is 0 Å². The topological polar surface area (TPSA) is 37.4 Å². The van der Waals surface area contributed by atoms with Gasteiger partial charge < -0.3 is 0 Å². The highest BCUT2D eigenvalue weighted by molar-refractivity contribution is 9.10. The summed E-state index contributed by atoms with van der Waals surface area (Å²) in [6.45, 7) is 0. The molecule has 1 heterocycles. The lowest BCUT2D eigenvalue weighted by Crippen LogP contribution is -2.56. The van der Waals surface area contributed by atoms with Gasteiger partial charge in [-0.05, 0) is 34.4 Å². The van der Waals surface area contributed by atoms with Gasteiger partial charge in [-0.3, -0.25) is 9.59 Å². The summed E-state index contributed by atoms with van der Waals surface area (Å²) in [5.74, 6) is -1.93. The first-order valence-corrected chi connectivity index (χ1v) is 12.1. The third-order valence-electron chi connectivity index (χ3n) is 6.75. The number of para-hydroxylation sites is 1. The number of carbonyl (C=O) groups excluding carboxylic acids is 2. The third kappa shape index (κ3) is 2.21. The number of benzene rings is 3. The van der Waals surface area contributed by atoms with Crippen LogP contribution in [0.2, 0.25) is 10.0 Å². The van der Waals surface area contributed by atoms with Gasteiger partial charge in [0.05, 0.1) is 36.2 Å². The molecule has 3 aromatic carbocycles. The van der Waals surface area contributed by atoms with Crippen molar-refractivity contribution in [1.82, 2.24) is 0 Å². The van der Waals surface area contributed by atoms with E-state index in [-0.39, 0.29) is 27.5 Å². The van der Waals surface area contributed by atoms with Crippen molar-refractivity contribution < 1.29 is 9.59 Å². The van der Waals surface area contributed by atoms with Gasteiger partial charge in [0.25, 0.3) is 0 Å². The van der Waals surface area contributed by atoms with E-state index in [0.717, 1.165) is 22.3 Å². The second-order valence-corrected chi connectivity index (χ2v) is 11.4. The normalized spacial score (nSPS) is 30.3. The molecule has 0 spiro atoms. The molecule has 3 nitrogen and oxygen atoms in total. The van der Waals surface area contributed by atoms with E-state index in [9.17, 15) is 9.59 Å². The van der Waals surface area contributed by atoms with E-state index in [0.29, 0.717) is 0 Å². The highest BCUT2D eigenvalue weighted by Crippen LogP contribution is 2.71. The second-order valence-electron chi connectivity index (χ2n) is 8.05. The maximum Gasteiger partial charge on any atom is 0.239 e. The van der Waals surface area contributed by atoms with E-state index >= 15 is 0 Å². The molecule has 2 atom stereocenters. The van der Waals surface area contributed by atoms with Crippen LogP contribution in [-0.4, -0.2) is 11.8 Å². The number of rotatable bonds is 1. The van der Waals surface area contributed by atoms with Crippen LogP contribution in [0.4, 0.5) is 5.69 Å². The molecule has 7 heteroatoms. The number of amides is 2. The van der Waals surface area contributed by atoms with E-state index in [1.807, 2.05) is 48.5 Å². The van der Waals surface area contributed by atoms with Gasteiger partial charge in [-0.1, -0.05) is 110 Å². The van der Waals surface area contributed by atoms with Gasteiger partial charge in [0.1, 0.15) is 0 Å². The molecule has 1 aliphatic heterocycles. The first-order chi connectivity index (χ1) is 14.8. The first kappa shape index (κ1) is 20.0. The molecule has 0 N–H and O–H groups in total. The van der Waals surface area contributed by atoms with Crippen LogP contribution in [0.3, 0.4) is 0 Å². The van der Waals surface area contributed by atoms with Gasteiger partial charge in [0.2, 0.25) is 11.8 Å². The number of nitrogens with zero attached hydrogens (tertiary/aromatic N) is 1. The average Bonchev–Trinajstić information content (AvgIpc) is 3.04. The Hall–Kier alpha value is -1.66. The highest BCUT2D eigenvalue weighted by Gasteiger charge is 2.72. The van der Waals surface area contributed by atoms with Crippen molar-refractivity contribution in [2.75, 3.05) is 4.90 Å². The predicted octanol–water partition coefficient (Wildman–Crippen LogP) is 6.40. The molecule has 1 saturated heterocycles. The summed E-state index contributed by atoms with van der Waals surface area (Å²) in [5, 5.41) is 0.532. The number of hydrogen-bond acceptors (Lipinski definition) is 2. The van der Waals surface area contributed by atoms with Crippen LogP contribution >= 0.6 is 55.1 Å². The van der Waals surface area contributed by atoms with Crippen LogP contribution in [0.25, 0.3) is 0 Å². The Morgan fingerprint density at radius 3 is 1.35 bits per heavy atom. The zero-order chi connectivity index (χ0) is 21.7. The Bertz CT molecular complexity index is 1180. The lowest BCUT2D eigenvalue weighted by atomic mass is 9.54. The molecule has 0 unspecified atom stereocenters. The van der Waals surface area contributed by atoms with Crippen molar-refractivity contribution in [1.29, 1.82) is 0 Å². The lowest BCUT2D eigenvalue weighted by Gasteiger charge is -2.55. The summed E-state index contributed by atoms with van der Waals surface area (Å²) in [4.78, 5) is 29.1. The molecule has 0 radical (unpaired) electrons. The fraction of sp³-hybridized carbons (Fsp3) is 0.167. The largest absolute Gasteiger partial charge is 0.274 e. The fourth-order valence-electron chi connectivity index (χ4n) is 5.59. The van der Waals surface area contributed by atoms with Gasteiger partial charge in [0.15, 0.2) is 0 Å². The Balaban J connectivity index is 1.68. The van der Waals surface area contributed by atoms with Crippen LogP contribution < -0.4 is 4.90 Å². The number of halogens is 4. The molecule has 2 bridgehead atoms. The van der Waals surface area contributed by atoms with Crippen LogP contribution in [0.15, 0.2) is 66.7 Å². The van der Waals surface area contributed by atoms with Gasteiger partial charge in [0, 0.05) is 0 Å². The highest BCUT2D eigenvalue weighted by atomic mass is 79.9. The molecule has 1 fully saturated rings. The van der Waals surface area contributed by atoms with Crippen molar-refractivity contribution in [3.05, 3.63) is 99.0 Å². The average molecular weight is 578 g/mol. The maximum atomic E-state index is 13.9. The van der Waals surface area contributed by atoms with Gasteiger partial charge in [-0.15, -0.1) is 0 Å². The number of carbonyl (C=O) groups is 2. The Kier molecular flexibility index (Phi) is 4.15.